The summed E-state index contributed by atoms with van der Waals surface area (Å²) in [5, 5.41) is 2.81. The normalized spacial score (nSPS) is 11.1. The molecule has 0 radical (unpaired) electrons. The lowest BCUT2D eigenvalue weighted by atomic mass is 10.0. The molecule has 2 N–H and O–H groups in total. The third kappa shape index (κ3) is 5.43. The number of aromatic amines is 1. The van der Waals surface area contributed by atoms with E-state index in [2.05, 4.69) is 20.0 Å². The maximum Gasteiger partial charge on any atom is 0.387 e. The number of carbonyl (C=O) groups excluding carboxylic acids is 1. The van der Waals surface area contributed by atoms with Gasteiger partial charge in [-0.25, -0.2) is 9.78 Å². The van der Waals surface area contributed by atoms with Crippen molar-refractivity contribution < 1.29 is 18.3 Å². The number of ether oxygens (including phenoxy) is 1. The average Bonchev–Trinajstić information content (AvgIpc) is 2.83. The highest BCUT2D eigenvalue weighted by Gasteiger charge is 2.15. The number of H-pyrrole nitrogens is 1. The molecule has 0 aliphatic heterocycles. The standard InChI is InChI=1S/C25H22F2N4O4/c1-2-10-31-21-19(23(33)30-25(31)34)13-17(14-28-21)22(32)29-18-8-9-20(35-24(26)27)16(12-18)11-15-6-4-3-5-7-15/h3-9,12-14,24H,2,10-11H2,1H3,(H,29,32)(H,30,33,34). The molecule has 0 fully saturated rings. The average molecular weight is 480 g/mol. The van der Waals surface area contributed by atoms with Crippen molar-refractivity contribution in [2.75, 3.05) is 5.32 Å². The van der Waals surface area contributed by atoms with Gasteiger partial charge in [0.2, 0.25) is 0 Å². The Morgan fingerprint density at radius 3 is 2.63 bits per heavy atom. The first-order valence-electron chi connectivity index (χ1n) is 10.9. The highest BCUT2D eigenvalue weighted by molar-refractivity contribution is 6.05. The number of pyridine rings is 1. The quantitative estimate of drug-likeness (QED) is 0.397. The summed E-state index contributed by atoms with van der Waals surface area (Å²) in [7, 11) is 0. The fourth-order valence-corrected chi connectivity index (χ4v) is 3.75. The predicted octanol–water partition coefficient (Wildman–Crippen LogP) is 3.94. The number of benzene rings is 2. The summed E-state index contributed by atoms with van der Waals surface area (Å²) in [6, 6.07) is 15.0. The predicted molar refractivity (Wildman–Crippen MR) is 127 cm³/mol. The Morgan fingerprint density at radius 2 is 1.91 bits per heavy atom. The van der Waals surface area contributed by atoms with Crippen molar-refractivity contribution in [1.82, 2.24) is 14.5 Å². The third-order valence-electron chi connectivity index (χ3n) is 5.31. The molecule has 2 aromatic heterocycles. The van der Waals surface area contributed by atoms with Gasteiger partial charge >= 0.3 is 12.3 Å². The molecule has 4 aromatic rings. The molecule has 180 valence electrons. The van der Waals surface area contributed by atoms with E-state index in [9.17, 15) is 23.2 Å². The number of hydrogen-bond acceptors (Lipinski definition) is 5. The van der Waals surface area contributed by atoms with Crippen LogP contribution in [0.5, 0.6) is 5.75 Å². The Labute approximate surface area is 198 Å². The Balaban J connectivity index is 1.64. The first-order valence-corrected chi connectivity index (χ1v) is 10.9. The second kappa shape index (κ2) is 10.3. The molecule has 8 nitrogen and oxygen atoms in total. The number of nitrogens with zero attached hydrogens (tertiary/aromatic N) is 2. The molecular formula is C25H22F2N4O4. The lowest BCUT2D eigenvalue weighted by Crippen LogP contribution is -2.31. The summed E-state index contributed by atoms with van der Waals surface area (Å²) in [4.78, 5) is 43.7. The number of amides is 1. The Bertz CT molecular complexity index is 1480. The van der Waals surface area contributed by atoms with Gasteiger partial charge < -0.3 is 10.1 Å². The summed E-state index contributed by atoms with van der Waals surface area (Å²) in [6.45, 7) is -0.742. The minimum absolute atomic E-state index is 0.00894. The van der Waals surface area contributed by atoms with Gasteiger partial charge in [0.25, 0.3) is 11.5 Å². The van der Waals surface area contributed by atoms with Crippen molar-refractivity contribution in [2.24, 2.45) is 0 Å². The van der Waals surface area contributed by atoms with Crippen molar-refractivity contribution in [3.05, 3.63) is 98.3 Å². The summed E-state index contributed by atoms with van der Waals surface area (Å²) in [5.41, 5.74) is 0.784. The first-order chi connectivity index (χ1) is 16.9. The van der Waals surface area contributed by atoms with Gasteiger partial charge in [0, 0.05) is 30.4 Å². The lowest BCUT2D eigenvalue weighted by molar-refractivity contribution is -0.0503. The van der Waals surface area contributed by atoms with E-state index in [1.54, 1.807) is 6.07 Å². The van der Waals surface area contributed by atoms with E-state index in [0.29, 0.717) is 30.6 Å². The van der Waals surface area contributed by atoms with E-state index >= 15 is 0 Å². The van der Waals surface area contributed by atoms with E-state index in [0.717, 1.165) is 5.56 Å². The fourth-order valence-electron chi connectivity index (χ4n) is 3.75. The van der Waals surface area contributed by atoms with Gasteiger partial charge in [0.1, 0.15) is 11.4 Å². The van der Waals surface area contributed by atoms with Crippen LogP contribution < -0.4 is 21.3 Å². The van der Waals surface area contributed by atoms with Crippen molar-refractivity contribution in [2.45, 2.75) is 32.9 Å². The molecule has 0 saturated heterocycles. The van der Waals surface area contributed by atoms with E-state index in [1.165, 1.54) is 29.0 Å². The largest absolute Gasteiger partial charge is 0.435 e. The molecule has 10 heteroatoms. The summed E-state index contributed by atoms with van der Waals surface area (Å²) in [5.74, 6) is -0.546. The van der Waals surface area contributed by atoms with Gasteiger partial charge in [0.15, 0.2) is 0 Å². The number of carbonyl (C=O) groups is 1. The van der Waals surface area contributed by atoms with Crippen LogP contribution in [0.25, 0.3) is 11.0 Å². The van der Waals surface area contributed by atoms with Crippen LogP contribution in [0.15, 0.2) is 70.4 Å². The highest BCUT2D eigenvalue weighted by atomic mass is 19.3. The van der Waals surface area contributed by atoms with Crippen LogP contribution >= 0.6 is 0 Å². The molecule has 35 heavy (non-hydrogen) atoms. The van der Waals surface area contributed by atoms with E-state index in [-0.39, 0.29) is 22.3 Å². The minimum Gasteiger partial charge on any atom is -0.435 e. The van der Waals surface area contributed by atoms with Crippen LogP contribution in [0.3, 0.4) is 0 Å². The SMILES string of the molecule is CCCn1c(=O)[nH]c(=O)c2cc(C(=O)Nc3ccc(OC(F)F)c(Cc4ccccc4)c3)cnc21. The Kier molecular flexibility index (Phi) is 7.00. The summed E-state index contributed by atoms with van der Waals surface area (Å²) >= 11 is 0. The molecule has 1 amide bonds. The van der Waals surface area contributed by atoms with Gasteiger partial charge in [0.05, 0.1) is 10.9 Å². The van der Waals surface area contributed by atoms with Gasteiger partial charge in [-0.1, -0.05) is 37.3 Å². The van der Waals surface area contributed by atoms with Crippen molar-refractivity contribution >= 4 is 22.6 Å². The van der Waals surface area contributed by atoms with Crippen LogP contribution in [-0.4, -0.2) is 27.1 Å². The zero-order valence-electron chi connectivity index (χ0n) is 18.8. The molecule has 0 bridgehead atoms. The molecule has 2 aromatic carbocycles. The molecule has 0 aliphatic rings. The molecule has 2 heterocycles. The van der Waals surface area contributed by atoms with Gasteiger partial charge in [-0.3, -0.25) is 19.1 Å². The second-order valence-corrected chi connectivity index (χ2v) is 7.82. The third-order valence-corrected chi connectivity index (χ3v) is 5.31. The maximum atomic E-state index is 12.9. The van der Waals surface area contributed by atoms with E-state index in [4.69, 9.17) is 0 Å². The topological polar surface area (TPSA) is 106 Å². The number of hydrogen-bond donors (Lipinski definition) is 2. The number of halogens is 2. The summed E-state index contributed by atoms with van der Waals surface area (Å²) < 4.78 is 31.8. The molecular weight excluding hydrogens is 458 g/mol. The van der Waals surface area contributed by atoms with Crippen LogP contribution in [0.4, 0.5) is 14.5 Å². The Hall–Kier alpha value is -4.34. The van der Waals surface area contributed by atoms with Gasteiger partial charge in [-0.2, -0.15) is 8.78 Å². The monoisotopic (exact) mass is 480 g/mol. The lowest BCUT2D eigenvalue weighted by Gasteiger charge is -2.14. The maximum absolute atomic E-state index is 12.9. The van der Waals surface area contributed by atoms with Gasteiger partial charge in [-0.05, 0) is 36.2 Å². The van der Waals surface area contributed by atoms with Crippen LogP contribution in [0, 0.1) is 0 Å². The number of anilines is 1. The number of fused-ring (bicyclic) bond motifs is 1. The molecule has 0 unspecified atom stereocenters. The van der Waals surface area contributed by atoms with Crippen LogP contribution in [0.1, 0.15) is 34.8 Å². The van der Waals surface area contributed by atoms with Crippen molar-refractivity contribution in [3.8, 4) is 5.75 Å². The van der Waals surface area contributed by atoms with E-state index < -0.39 is 23.8 Å². The number of aromatic nitrogens is 3. The smallest absolute Gasteiger partial charge is 0.387 e. The first kappa shape index (κ1) is 23.8. The zero-order chi connectivity index (χ0) is 24.9. The number of alkyl halides is 2. The second-order valence-electron chi connectivity index (χ2n) is 7.82. The van der Waals surface area contributed by atoms with Gasteiger partial charge in [-0.15, -0.1) is 0 Å². The van der Waals surface area contributed by atoms with Crippen LogP contribution in [-0.2, 0) is 13.0 Å². The highest BCUT2D eigenvalue weighted by Crippen LogP contribution is 2.27. The van der Waals surface area contributed by atoms with Crippen molar-refractivity contribution in [3.63, 3.8) is 0 Å². The minimum atomic E-state index is -2.99. The summed E-state index contributed by atoms with van der Waals surface area (Å²) in [6.07, 6.45) is 2.25. The molecule has 0 spiro atoms. The Morgan fingerprint density at radius 1 is 1.14 bits per heavy atom. The van der Waals surface area contributed by atoms with Crippen molar-refractivity contribution in [1.29, 1.82) is 0 Å². The molecule has 4 rings (SSSR count). The van der Waals surface area contributed by atoms with Crippen LogP contribution in [0.2, 0.25) is 0 Å². The molecule has 0 saturated carbocycles. The number of aryl methyl sites for hydroxylation is 1. The fraction of sp³-hybridized carbons (Fsp3) is 0.200. The van der Waals surface area contributed by atoms with E-state index in [1.807, 2.05) is 37.3 Å². The molecule has 0 aliphatic carbocycles. The number of nitrogens with one attached hydrogen (secondary N) is 2. The number of rotatable bonds is 8. The zero-order valence-corrected chi connectivity index (χ0v) is 18.8. The molecule has 0 atom stereocenters.